The van der Waals surface area contributed by atoms with Crippen LogP contribution in [0.25, 0.3) is 10.8 Å². The summed E-state index contributed by atoms with van der Waals surface area (Å²) in [5.41, 5.74) is 5.55. The van der Waals surface area contributed by atoms with Gasteiger partial charge in [0.15, 0.2) is 0 Å². The normalized spacial score (nSPS) is 15.2. The SMILES string of the molecule is Cc1cc(O)c(C(C)C)cc1N1C(=O)c2ccc3c4c(ccc(c24)C1=O)CC3. The second kappa shape index (κ2) is 5.68. The topological polar surface area (TPSA) is 57.6 Å². The number of carbonyl (C=O) groups excluding carboxylic acids is 2. The molecule has 1 aliphatic carbocycles. The number of carbonyl (C=O) groups is 2. The Bertz CT molecular complexity index is 1150. The maximum absolute atomic E-state index is 13.4. The summed E-state index contributed by atoms with van der Waals surface area (Å²) in [6.07, 6.45) is 1.91. The summed E-state index contributed by atoms with van der Waals surface area (Å²) in [6.45, 7) is 5.76. The first kappa shape index (κ1) is 17.0. The van der Waals surface area contributed by atoms with Crippen LogP contribution in [0.3, 0.4) is 0 Å². The fourth-order valence-corrected chi connectivity index (χ4v) is 4.64. The minimum atomic E-state index is -0.295. The second-order valence-corrected chi connectivity index (χ2v) is 8.09. The van der Waals surface area contributed by atoms with Gasteiger partial charge in [-0.05, 0) is 77.6 Å². The Balaban J connectivity index is 1.76. The molecule has 1 heterocycles. The zero-order valence-electron chi connectivity index (χ0n) is 16.2. The summed E-state index contributed by atoms with van der Waals surface area (Å²) in [5, 5.41) is 12.2. The van der Waals surface area contributed by atoms with Crippen molar-refractivity contribution in [3.05, 3.63) is 69.8 Å². The van der Waals surface area contributed by atoms with Crippen molar-refractivity contribution >= 4 is 28.3 Å². The van der Waals surface area contributed by atoms with Crippen LogP contribution < -0.4 is 4.90 Å². The Kier molecular flexibility index (Phi) is 3.45. The maximum Gasteiger partial charge on any atom is 0.265 e. The van der Waals surface area contributed by atoms with Crippen LogP contribution in [-0.2, 0) is 12.8 Å². The van der Waals surface area contributed by atoms with Crippen LogP contribution in [0.2, 0.25) is 0 Å². The summed E-state index contributed by atoms with van der Waals surface area (Å²) in [4.78, 5) is 28.1. The highest BCUT2D eigenvalue weighted by Gasteiger charge is 2.36. The monoisotopic (exact) mass is 371 g/mol. The van der Waals surface area contributed by atoms with E-state index in [1.54, 1.807) is 12.1 Å². The molecule has 3 aromatic rings. The first-order chi connectivity index (χ1) is 13.4. The number of phenolic OH excluding ortho intramolecular Hbond substituents is 1. The largest absolute Gasteiger partial charge is 0.508 e. The lowest BCUT2D eigenvalue weighted by molar-refractivity contribution is 0.0893. The fraction of sp³-hybridized carbons (Fsp3) is 0.250. The summed E-state index contributed by atoms with van der Waals surface area (Å²) in [7, 11) is 0. The van der Waals surface area contributed by atoms with E-state index >= 15 is 0 Å². The Morgan fingerprint density at radius 3 is 2.00 bits per heavy atom. The number of phenols is 1. The molecule has 0 unspecified atom stereocenters. The van der Waals surface area contributed by atoms with Crippen molar-refractivity contribution in [2.75, 3.05) is 4.90 Å². The Morgan fingerprint density at radius 2 is 1.46 bits per heavy atom. The minimum absolute atomic E-state index is 0.0734. The lowest BCUT2D eigenvalue weighted by Gasteiger charge is -2.29. The molecule has 0 bridgehead atoms. The molecule has 140 valence electrons. The molecule has 1 aliphatic heterocycles. The third kappa shape index (κ3) is 2.12. The molecule has 2 amide bonds. The van der Waals surface area contributed by atoms with Gasteiger partial charge in [-0.25, -0.2) is 4.90 Å². The lowest BCUT2D eigenvalue weighted by atomic mass is 9.90. The number of amides is 2. The van der Waals surface area contributed by atoms with Crippen LogP contribution in [0.5, 0.6) is 5.75 Å². The molecule has 28 heavy (non-hydrogen) atoms. The van der Waals surface area contributed by atoms with E-state index in [0.29, 0.717) is 22.4 Å². The minimum Gasteiger partial charge on any atom is -0.508 e. The van der Waals surface area contributed by atoms with Gasteiger partial charge in [-0.1, -0.05) is 26.0 Å². The first-order valence-corrected chi connectivity index (χ1v) is 9.68. The molecule has 0 saturated heterocycles. The quantitative estimate of drug-likeness (QED) is 0.654. The van der Waals surface area contributed by atoms with E-state index in [2.05, 4.69) is 0 Å². The molecule has 0 atom stereocenters. The molecule has 0 saturated carbocycles. The Labute approximate surface area is 163 Å². The van der Waals surface area contributed by atoms with Gasteiger partial charge in [0.25, 0.3) is 11.8 Å². The van der Waals surface area contributed by atoms with Crippen LogP contribution in [0, 0.1) is 6.92 Å². The van der Waals surface area contributed by atoms with E-state index < -0.39 is 0 Å². The number of imide groups is 1. The summed E-state index contributed by atoms with van der Waals surface area (Å²) < 4.78 is 0. The number of anilines is 1. The number of rotatable bonds is 2. The average molecular weight is 371 g/mol. The summed E-state index contributed by atoms with van der Waals surface area (Å²) >= 11 is 0. The van der Waals surface area contributed by atoms with Gasteiger partial charge in [0.05, 0.1) is 5.69 Å². The Hall–Kier alpha value is -3.14. The van der Waals surface area contributed by atoms with Crippen molar-refractivity contribution in [1.82, 2.24) is 0 Å². The van der Waals surface area contributed by atoms with Gasteiger partial charge < -0.3 is 5.11 Å². The van der Waals surface area contributed by atoms with Gasteiger partial charge >= 0.3 is 0 Å². The maximum atomic E-state index is 13.4. The van der Waals surface area contributed by atoms with Crippen LogP contribution in [-0.4, -0.2) is 16.9 Å². The molecule has 3 aromatic carbocycles. The fourth-order valence-electron chi connectivity index (χ4n) is 4.64. The van der Waals surface area contributed by atoms with E-state index in [4.69, 9.17) is 0 Å². The third-order valence-electron chi connectivity index (χ3n) is 6.07. The number of hydrogen-bond donors (Lipinski definition) is 1. The van der Waals surface area contributed by atoms with Crippen LogP contribution >= 0.6 is 0 Å². The second-order valence-electron chi connectivity index (χ2n) is 8.09. The Morgan fingerprint density at radius 1 is 0.893 bits per heavy atom. The van der Waals surface area contributed by atoms with Crippen LogP contribution in [0.15, 0.2) is 36.4 Å². The molecule has 5 rings (SSSR count). The van der Waals surface area contributed by atoms with Crippen molar-refractivity contribution in [2.45, 2.75) is 39.5 Å². The van der Waals surface area contributed by atoms with Crippen LogP contribution in [0.1, 0.15) is 62.7 Å². The van der Waals surface area contributed by atoms with E-state index in [-0.39, 0.29) is 23.5 Å². The molecule has 2 aliphatic rings. The van der Waals surface area contributed by atoms with Crippen LogP contribution in [0.4, 0.5) is 5.69 Å². The molecule has 0 spiro atoms. The van der Waals surface area contributed by atoms with Gasteiger partial charge in [-0.2, -0.15) is 0 Å². The van der Waals surface area contributed by atoms with Gasteiger partial charge in [0, 0.05) is 16.5 Å². The molecule has 0 radical (unpaired) electrons. The highest BCUT2D eigenvalue weighted by Crippen LogP contribution is 2.41. The predicted molar refractivity (Wildman–Crippen MR) is 109 cm³/mol. The van der Waals surface area contributed by atoms with E-state index in [0.717, 1.165) is 29.2 Å². The first-order valence-electron chi connectivity index (χ1n) is 9.68. The zero-order chi connectivity index (χ0) is 19.7. The van der Waals surface area contributed by atoms with Crippen molar-refractivity contribution in [1.29, 1.82) is 0 Å². The third-order valence-corrected chi connectivity index (χ3v) is 6.07. The predicted octanol–water partition coefficient (Wildman–Crippen LogP) is 4.88. The van der Waals surface area contributed by atoms with Gasteiger partial charge in [0.2, 0.25) is 0 Å². The van der Waals surface area contributed by atoms with Gasteiger partial charge in [0.1, 0.15) is 5.75 Å². The summed E-state index contributed by atoms with van der Waals surface area (Å²) in [5.74, 6) is -0.326. The lowest BCUT2D eigenvalue weighted by Crippen LogP contribution is -2.41. The molecule has 4 heteroatoms. The average Bonchev–Trinajstić information content (AvgIpc) is 3.08. The van der Waals surface area contributed by atoms with Gasteiger partial charge in [-0.3, -0.25) is 9.59 Å². The molecule has 0 fully saturated rings. The number of benzene rings is 3. The standard InChI is InChI=1S/C24H21NO3/c1-12(2)18-11-19(13(3)10-20(18)26)25-23(27)16-8-6-14-4-5-15-7-9-17(24(25)28)22(16)21(14)15/h6-12,26H,4-5H2,1-3H3. The molecular formula is C24H21NO3. The van der Waals surface area contributed by atoms with E-state index in [9.17, 15) is 14.7 Å². The van der Waals surface area contributed by atoms with Crippen molar-refractivity contribution in [3.8, 4) is 5.75 Å². The van der Waals surface area contributed by atoms with E-state index in [1.807, 2.05) is 45.0 Å². The van der Waals surface area contributed by atoms with Crippen molar-refractivity contribution in [3.63, 3.8) is 0 Å². The highest BCUT2D eigenvalue weighted by molar-refractivity contribution is 6.36. The van der Waals surface area contributed by atoms with Crippen molar-refractivity contribution in [2.24, 2.45) is 0 Å². The van der Waals surface area contributed by atoms with E-state index in [1.165, 1.54) is 16.0 Å². The number of aromatic hydroxyl groups is 1. The zero-order valence-corrected chi connectivity index (χ0v) is 16.2. The smallest absolute Gasteiger partial charge is 0.265 e. The summed E-state index contributed by atoms with van der Waals surface area (Å²) in [6, 6.07) is 11.2. The molecular weight excluding hydrogens is 350 g/mol. The highest BCUT2D eigenvalue weighted by atomic mass is 16.3. The molecule has 0 aromatic heterocycles. The molecule has 1 N–H and O–H groups in total. The number of hydrogen-bond acceptors (Lipinski definition) is 3. The van der Waals surface area contributed by atoms with Gasteiger partial charge in [-0.15, -0.1) is 0 Å². The molecule has 4 nitrogen and oxygen atoms in total. The van der Waals surface area contributed by atoms with Crippen molar-refractivity contribution < 1.29 is 14.7 Å². The number of nitrogens with zero attached hydrogens (tertiary/aromatic N) is 1. The number of aryl methyl sites for hydroxylation is 3.